The summed E-state index contributed by atoms with van der Waals surface area (Å²) in [5.74, 6) is 0. The van der Waals surface area contributed by atoms with Gasteiger partial charge in [0.05, 0.1) is 26.4 Å². The second-order valence-corrected chi connectivity index (χ2v) is 3.54. The number of ether oxygens (including phenoxy) is 3. The van der Waals surface area contributed by atoms with Crippen LogP contribution in [-0.2, 0) is 14.2 Å². The topological polar surface area (TPSA) is 39.7 Å². The van der Waals surface area contributed by atoms with E-state index in [2.05, 4.69) is 19.2 Å². The standard InChI is InChI=1S/C12H27NO3/c1-3-7-14-9-11-16-12-10-15-8-5-6-13-4-2/h13H,3-12H2,1-2H3. The molecular formula is C12H27NO3. The Labute approximate surface area is 99.6 Å². The molecule has 16 heavy (non-hydrogen) atoms. The van der Waals surface area contributed by atoms with E-state index in [1.54, 1.807) is 0 Å². The van der Waals surface area contributed by atoms with E-state index >= 15 is 0 Å². The van der Waals surface area contributed by atoms with Crippen molar-refractivity contribution in [1.29, 1.82) is 0 Å². The average molecular weight is 233 g/mol. The van der Waals surface area contributed by atoms with Gasteiger partial charge < -0.3 is 19.5 Å². The molecule has 0 radical (unpaired) electrons. The molecule has 0 aromatic heterocycles. The van der Waals surface area contributed by atoms with E-state index in [1.807, 2.05) is 0 Å². The van der Waals surface area contributed by atoms with Crippen LogP contribution in [0.2, 0.25) is 0 Å². The quantitative estimate of drug-likeness (QED) is 0.489. The highest BCUT2D eigenvalue weighted by molar-refractivity contribution is 4.42. The maximum absolute atomic E-state index is 5.40. The van der Waals surface area contributed by atoms with Crippen LogP contribution >= 0.6 is 0 Å². The van der Waals surface area contributed by atoms with E-state index in [-0.39, 0.29) is 0 Å². The maximum Gasteiger partial charge on any atom is 0.0701 e. The lowest BCUT2D eigenvalue weighted by Crippen LogP contribution is -2.16. The minimum Gasteiger partial charge on any atom is -0.379 e. The Kier molecular flexibility index (Phi) is 14.7. The Morgan fingerprint density at radius 1 is 0.750 bits per heavy atom. The smallest absolute Gasteiger partial charge is 0.0701 e. The van der Waals surface area contributed by atoms with Crippen molar-refractivity contribution >= 4 is 0 Å². The largest absolute Gasteiger partial charge is 0.379 e. The van der Waals surface area contributed by atoms with Gasteiger partial charge >= 0.3 is 0 Å². The summed E-state index contributed by atoms with van der Waals surface area (Å²) in [5, 5.41) is 3.25. The van der Waals surface area contributed by atoms with Gasteiger partial charge in [0.2, 0.25) is 0 Å². The van der Waals surface area contributed by atoms with Crippen LogP contribution in [0, 0.1) is 0 Å². The molecular weight excluding hydrogens is 206 g/mol. The van der Waals surface area contributed by atoms with Crippen LogP contribution in [0.3, 0.4) is 0 Å². The van der Waals surface area contributed by atoms with Crippen LogP contribution in [0.25, 0.3) is 0 Å². The van der Waals surface area contributed by atoms with Crippen molar-refractivity contribution in [3.63, 3.8) is 0 Å². The summed E-state index contributed by atoms with van der Waals surface area (Å²) in [6.45, 7) is 10.6. The van der Waals surface area contributed by atoms with E-state index in [0.29, 0.717) is 26.4 Å². The third kappa shape index (κ3) is 13.8. The molecule has 4 nitrogen and oxygen atoms in total. The maximum atomic E-state index is 5.40. The van der Waals surface area contributed by atoms with Gasteiger partial charge in [0.1, 0.15) is 0 Å². The third-order valence-corrected chi connectivity index (χ3v) is 1.98. The molecule has 1 N–H and O–H groups in total. The van der Waals surface area contributed by atoms with Crippen molar-refractivity contribution in [2.45, 2.75) is 26.7 Å². The molecule has 0 aromatic carbocycles. The molecule has 0 aliphatic rings. The minimum absolute atomic E-state index is 0.663. The molecule has 0 amide bonds. The molecule has 0 saturated heterocycles. The Morgan fingerprint density at radius 3 is 1.88 bits per heavy atom. The van der Waals surface area contributed by atoms with Gasteiger partial charge in [-0.05, 0) is 25.9 Å². The van der Waals surface area contributed by atoms with Crippen LogP contribution in [0.4, 0.5) is 0 Å². The van der Waals surface area contributed by atoms with Gasteiger partial charge in [-0.3, -0.25) is 0 Å². The monoisotopic (exact) mass is 233 g/mol. The summed E-state index contributed by atoms with van der Waals surface area (Å²) in [7, 11) is 0. The second kappa shape index (κ2) is 14.8. The first-order valence-electron chi connectivity index (χ1n) is 6.35. The fourth-order valence-electron chi connectivity index (χ4n) is 1.16. The number of hydrogen-bond acceptors (Lipinski definition) is 4. The summed E-state index contributed by atoms with van der Waals surface area (Å²) in [5.41, 5.74) is 0. The normalized spacial score (nSPS) is 10.9. The summed E-state index contributed by atoms with van der Waals surface area (Å²) >= 11 is 0. The number of hydrogen-bond donors (Lipinski definition) is 1. The molecule has 98 valence electrons. The predicted molar refractivity (Wildman–Crippen MR) is 65.9 cm³/mol. The second-order valence-electron chi connectivity index (χ2n) is 3.54. The minimum atomic E-state index is 0.663. The molecule has 0 unspecified atom stereocenters. The van der Waals surface area contributed by atoms with Crippen molar-refractivity contribution in [3.8, 4) is 0 Å². The molecule has 0 saturated carbocycles. The van der Waals surface area contributed by atoms with E-state index in [1.165, 1.54) is 0 Å². The highest BCUT2D eigenvalue weighted by atomic mass is 16.5. The number of rotatable bonds is 13. The Balaban J connectivity index is 2.83. The van der Waals surface area contributed by atoms with E-state index in [4.69, 9.17) is 14.2 Å². The van der Waals surface area contributed by atoms with E-state index < -0.39 is 0 Å². The third-order valence-electron chi connectivity index (χ3n) is 1.98. The zero-order valence-corrected chi connectivity index (χ0v) is 10.8. The van der Waals surface area contributed by atoms with Crippen molar-refractivity contribution in [2.24, 2.45) is 0 Å². The molecule has 4 heteroatoms. The zero-order valence-electron chi connectivity index (χ0n) is 10.8. The Hall–Kier alpha value is -0.160. The van der Waals surface area contributed by atoms with E-state index in [9.17, 15) is 0 Å². The molecule has 0 aliphatic heterocycles. The molecule has 0 atom stereocenters. The Bertz CT molecular complexity index is 109. The summed E-state index contributed by atoms with van der Waals surface area (Å²) in [6.07, 6.45) is 2.13. The van der Waals surface area contributed by atoms with Gasteiger partial charge in [-0.2, -0.15) is 0 Å². The van der Waals surface area contributed by atoms with Gasteiger partial charge in [0.15, 0.2) is 0 Å². The van der Waals surface area contributed by atoms with Gasteiger partial charge in [-0.1, -0.05) is 13.8 Å². The lowest BCUT2D eigenvalue weighted by Gasteiger charge is -2.06. The average Bonchev–Trinajstić information content (AvgIpc) is 2.31. The SMILES string of the molecule is CCCOCCOCCOCCCNCC. The van der Waals surface area contributed by atoms with Gasteiger partial charge in [-0.25, -0.2) is 0 Å². The molecule has 0 fully saturated rings. The van der Waals surface area contributed by atoms with E-state index in [0.717, 1.165) is 39.1 Å². The lowest BCUT2D eigenvalue weighted by molar-refractivity contribution is 0.0143. The first kappa shape index (κ1) is 15.8. The fourth-order valence-corrected chi connectivity index (χ4v) is 1.16. The van der Waals surface area contributed by atoms with Crippen molar-refractivity contribution in [2.75, 3.05) is 52.7 Å². The molecule has 0 spiro atoms. The van der Waals surface area contributed by atoms with Crippen LogP contribution in [-0.4, -0.2) is 52.7 Å². The van der Waals surface area contributed by atoms with Gasteiger partial charge in [0.25, 0.3) is 0 Å². The molecule has 0 heterocycles. The summed E-state index contributed by atoms with van der Waals surface area (Å²) < 4.78 is 16.0. The lowest BCUT2D eigenvalue weighted by atomic mass is 10.4. The van der Waals surface area contributed by atoms with Crippen LogP contribution in [0.1, 0.15) is 26.7 Å². The van der Waals surface area contributed by atoms with Crippen LogP contribution < -0.4 is 5.32 Å². The Morgan fingerprint density at radius 2 is 1.31 bits per heavy atom. The zero-order chi connectivity index (χ0) is 11.9. The van der Waals surface area contributed by atoms with Crippen LogP contribution in [0.15, 0.2) is 0 Å². The first-order valence-corrected chi connectivity index (χ1v) is 6.35. The van der Waals surface area contributed by atoms with Crippen molar-refractivity contribution < 1.29 is 14.2 Å². The van der Waals surface area contributed by atoms with Crippen molar-refractivity contribution in [3.05, 3.63) is 0 Å². The number of nitrogens with one attached hydrogen (secondary N) is 1. The van der Waals surface area contributed by atoms with Crippen molar-refractivity contribution in [1.82, 2.24) is 5.32 Å². The predicted octanol–water partition coefficient (Wildman–Crippen LogP) is 1.45. The molecule has 0 aromatic rings. The summed E-state index contributed by atoms with van der Waals surface area (Å²) in [4.78, 5) is 0. The molecule has 0 aliphatic carbocycles. The molecule has 0 rings (SSSR count). The first-order chi connectivity index (χ1) is 7.91. The van der Waals surface area contributed by atoms with Gasteiger partial charge in [-0.15, -0.1) is 0 Å². The van der Waals surface area contributed by atoms with Crippen LogP contribution in [0.5, 0.6) is 0 Å². The fraction of sp³-hybridized carbons (Fsp3) is 1.00. The highest BCUT2D eigenvalue weighted by Gasteiger charge is 1.91. The molecule has 0 bridgehead atoms. The highest BCUT2D eigenvalue weighted by Crippen LogP contribution is 1.84. The van der Waals surface area contributed by atoms with Gasteiger partial charge in [0, 0.05) is 13.2 Å². The summed E-state index contributed by atoms with van der Waals surface area (Å²) in [6, 6.07) is 0.